The van der Waals surface area contributed by atoms with Crippen molar-refractivity contribution in [2.45, 2.75) is 57.9 Å². The van der Waals surface area contributed by atoms with Gasteiger partial charge in [-0.15, -0.1) is 0 Å². The highest BCUT2D eigenvalue weighted by Crippen LogP contribution is 2.13. The van der Waals surface area contributed by atoms with Gasteiger partial charge in [0, 0.05) is 25.3 Å². The van der Waals surface area contributed by atoms with E-state index in [1.807, 2.05) is 12.1 Å². The predicted molar refractivity (Wildman–Crippen MR) is 137 cm³/mol. The van der Waals surface area contributed by atoms with Crippen LogP contribution in [0.4, 0.5) is 0 Å². The van der Waals surface area contributed by atoms with Crippen LogP contribution in [0.5, 0.6) is 0 Å². The fourth-order valence-corrected chi connectivity index (χ4v) is 4.17. The summed E-state index contributed by atoms with van der Waals surface area (Å²) in [5, 5.41) is 0. The number of rotatable bonds is 16. The van der Waals surface area contributed by atoms with Crippen molar-refractivity contribution in [3.63, 3.8) is 0 Å². The third-order valence-corrected chi connectivity index (χ3v) is 6.04. The van der Waals surface area contributed by atoms with Gasteiger partial charge in [-0.2, -0.15) is 0 Å². The smallest absolute Gasteiger partial charge is 0.176 e. The van der Waals surface area contributed by atoms with Crippen molar-refractivity contribution in [2.75, 3.05) is 26.3 Å². The minimum atomic E-state index is 0.237. The van der Waals surface area contributed by atoms with Crippen LogP contribution in [0.1, 0.15) is 56.1 Å². The summed E-state index contributed by atoms with van der Waals surface area (Å²) in [6, 6.07) is 21.1. The van der Waals surface area contributed by atoms with E-state index in [1.165, 1.54) is 17.5 Å². The van der Waals surface area contributed by atoms with E-state index in [2.05, 4.69) is 71.6 Å². The fraction of sp³-hybridized carbons (Fsp3) is 0.433. The first-order valence-electron chi connectivity index (χ1n) is 12.6. The van der Waals surface area contributed by atoms with Crippen LogP contribution in [-0.2, 0) is 22.5 Å². The molecule has 0 N–H and O–H groups in total. The molecule has 3 rings (SSSR count). The lowest BCUT2D eigenvalue weighted by atomic mass is 10.0. The Labute approximate surface area is 200 Å². The Morgan fingerprint density at radius 2 is 1.48 bits per heavy atom. The van der Waals surface area contributed by atoms with E-state index in [9.17, 15) is 4.79 Å². The first kappa shape index (κ1) is 25.1. The highest BCUT2D eigenvalue weighted by molar-refractivity contribution is 5.99. The van der Waals surface area contributed by atoms with Crippen molar-refractivity contribution in [2.24, 2.45) is 0 Å². The fourth-order valence-electron chi connectivity index (χ4n) is 4.17. The number of allylic oxidation sites excluding steroid dienone is 3. The molecule has 0 heterocycles. The van der Waals surface area contributed by atoms with Gasteiger partial charge in [-0.3, -0.25) is 9.69 Å². The molecule has 0 saturated heterocycles. The molecule has 1 aliphatic carbocycles. The molecule has 0 bridgehead atoms. The zero-order chi connectivity index (χ0) is 23.0. The topological polar surface area (TPSA) is 29.5 Å². The molecular formula is C30H39NO2. The Morgan fingerprint density at radius 1 is 0.788 bits per heavy atom. The average Bonchev–Trinajstić information content (AvgIpc) is 2.87. The maximum Gasteiger partial charge on any atom is 0.176 e. The number of carbonyl (C=O) groups is 1. The van der Waals surface area contributed by atoms with Gasteiger partial charge in [-0.25, -0.2) is 0 Å². The van der Waals surface area contributed by atoms with Crippen LogP contribution in [0, 0.1) is 0 Å². The Morgan fingerprint density at radius 3 is 2.18 bits per heavy atom. The van der Waals surface area contributed by atoms with Gasteiger partial charge in [-0.1, -0.05) is 78.9 Å². The highest BCUT2D eigenvalue weighted by Gasteiger charge is 2.14. The summed E-state index contributed by atoms with van der Waals surface area (Å²) >= 11 is 0. The minimum absolute atomic E-state index is 0.237. The van der Waals surface area contributed by atoms with Crippen molar-refractivity contribution < 1.29 is 9.53 Å². The molecule has 0 saturated carbocycles. The van der Waals surface area contributed by atoms with Crippen LogP contribution in [-0.4, -0.2) is 37.0 Å². The molecule has 0 spiro atoms. The number of benzene rings is 2. The summed E-state index contributed by atoms with van der Waals surface area (Å²) in [6.07, 6.45) is 14.9. The zero-order valence-corrected chi connectivity index (χ0v) is 20.0. The van der Waals surface area contributed by atoms with Crippen molar-refractivity contribution in [1.29, 1.82) is 0 Å². The first-order chi connectivity index (χ1) is 16.3. The molecule has 0 atom stereocenters. The predicted octanol–water partition coefficient (Wildman–Crippen LogP) is 6.54. The molecule has 33 heavy (non-hydrogen) atoms. The van der Waals surface area contributed by atoms with Gasteiger partial charge in [0.2, 0.25) is 0 Å². The monoisotopic (exact) mass is 445 g/mol. The molecule has 0 radical (unpaired) electrons. The summed E-state index contributed by atoms with van der Waals surface area (Å²) in [5.74, 6) is 0.237. The Hall–Kier alpha value is -2.49. The highest BCUT2D eigenvalue weighted by atomic mass is 16.5. The second kappa shape index (κ2) is 15.4. The largest absolute Gasteiger partial charge is 0.381 e. The van der Waals surface area contributed by atoms with E-state index in [4.69, 9.17) is 4.74 Å². The second-order valence-corrected chi connectivity index (χ2v) is 8.87. The van der Waals surface area contributed by atoms with Gasteiger partial charge in [0.15, 0.2) is 5.78 Å². The average molecular weight is 446 g/mol. The van der Waals surface area contributed by atoms with Gasteiger partial charge in [0.05, 0.1) is 6.54 Å². The van der Waals surface area contributed by atoms with Crippen molar-refractivity contribution in [1.82, 2.24) is 4.90 Å². The zero-order valence-electron chi connectivity index (χ0n) is 20.0. The van der Waals surface area contributed by atoms with Crippen molar-refractivity contribution in [3.8, 4) is 0 Å². The summed E-state index contributed by atoms with van der Waals surface area (Å²) in [7, 11) is 0. The molecule has 0 aliphatic heterocycles. The van der Waals surface area contributed by atoms with Crippen LogP contribution >= 0.6 is 0 Å². The maximum atomic E-state index is 12.8. The van der Waals surface area contributed by atoms with Gasteiger partial charge in [0.25, 0.3) is 0 Å². The molecule has 0 fully saturated rings. The molecular weight excluding hydrogens is 406 g/mol. The summed E-state index contributed by atoms with van der Waals surface area (Å²) in [5.41, 5.74) is 3.55. The lowest BCUT2D eigenvalue weighted by Gasteiger charge is -2.22. The normalized spacial score (nSPS) is 13.3. The maximum absolute atomic E-state index is 12.8. The Kier molecular flexibility index (Phi) is 11.7. The number of ether oxygens (including phenoxy) is 1. The lowest BCUT2D eigenvalue weighted by Crippen LogP contribution is -2.31. The Bertz CT molecular complexity index is 857. The Balaban J connectivity index is 1.30. The van der Waals surface area contributed by atoms with Gasteiger partial charge >= 0.3 is 0 Å². The molecule has 0 amide bonds. The quantitative estimate of drug-likeness (QED) is 0.275. The lowest BCUT2D eigenvalue weighted by molar-refractivity contribution is -0.116. The molecule has 3 nitrogen and oxygen atoms in total. The molecule has 0 unspecified atom stereocenters. The molecule has 2 aromatic rings. The number of ketones is 1. The van der Waals surface area contributed by atoms with Crippen molar-refractivity contribution in [3.05, 3.63) is 95.6 Å². The molecule has 3 heteroatoms. The van der Waals surface area contributed by atoms with E-state index >= 15 is 0 Å². The number of hydrogen-bond donors (Lipinski definition) is 0. The number of Topliss-reactive ketones (excluding diaryl/α,β-unsaturated/α-hetero) is 1. The number of unbranched alkanes of at least 4 members (excludes halogenated alkanes) is 3. The number of nitrogens with zero attached hydrogens (tertiary/aromatic N) is 1. The number of hydrogen-bond acceptors (Lipinski definition) is 3. The second-order valence-electron chi connectivity index (χ2n) is 8.87. The summed E-state index contributed by atoms with van der Waals surface area (Å²) < 4.78 is 5.84. The van der Waals surface area contributed by atoms with E-state index in [0.717, 1.165) is 76.8 Å². The number of carbonyl (C=O) groups excluding carboxylic acids is 1. The van der Waals surface area contributed by atoms with Crippen LogP contribution in [0.25, 0.3) is 0 Å². The van der Waals surface area contributed by atoms with Crippen LogP contribution < -0.4 is 0 Å². The van der Waals surface area contributed by atoms with Crippen LogP contribution in [0.15, 0.2) is 84.5 Å². The van der Waals surface area contributed by atoms with E-state index in [1.54, 1.807) is 0 Å². The van der Waals surface area contributed by atoms with Gasteiger partial charge < -0.3 is 4.74 Å². The van der Waals surface area contributed by atoms with Crippen LogP contribution in [0.2, 0.25) is 0 Å². The third kappa shape index (κ3) is 10.3. The van der Waals surface area contributed by atoms with Crippen molar-refractivity contribution >= 4 is 5.78 Å². The minimum Gasteiger partial charge on any atom is -0.381 e. The molecule has 176 valence electrons. The third-order valence-electron chi connectivity index (χ3n) is 6.04. The first-order valence-corrected chi connectivity index (χ1v) is 12.6. The van der Waals surface area contributed by atoms with E-state index in [0.29, 0.717) is 6.54 Å². The summed E-state index contributed by atoms with van der Waals surface area (Å²) in [4.78, 5) is 15.1. The molecule has 2 aromatic carbocycles. The van der Waals surface area contributed by atoms with E-state index < -0.39 is 0 Å². The summed E-state index contributed by atoms with van der Waals surface area (Å²) in [6.45, 7) is 3.93. The van der Waals surface area contributed by atoms with Crippen LogP contribution in [0.3, 0.4) is 0 Å². The molecule has 0 aromatic heterocycles. The number of aryl methyl sites for hydroxylation is 1. The molecule has 1 aliphatic rings. The SMILES string of the molecule is O=C(CN(CCCCCOCCCCc1ccccc1)Cc1ccccc1)C1=CCCC=C1. The van der Waals surface area contributed by atoms with E-state index in [-0.39, 0.29) is 5.78 Å². The van der Waals surface area contributed by atoms with Gasteiger partial charge in [-0.05, 0) is 69.0 Å². The van der Waals surface area contributed by atoms with Gasteiger partial charge in [0.1, 0.15) is 0 Å². The standard InChI is InChI=1S/C30H39NO2/c32-30(29-20-9-3-10-21-29)26-31(25-28-18-7-2-8-19-28)22-12-4-13-23-33-24-14-11-17-27-15-5-1-6-16-27/h1-2,5-9,15-16,18-21H,3-4,10-14,17,22-26H2.